The van der Waals surface area contributed by atoms with Gasteiger partial charge in [-0.15, -0.1) is 0 Å². The number of rotatable bonds is 12. The van der Waals surface area contributed by atoms with Gasteiger partial charge in [0.05, 0.1) is 23.8 Å². The average Bonchev–Trinajstić information content (AvgIpc) is 3.39. The number of amides is 1. The minimum Gasteiger partial charge on any atom is -0.499 e. The Morgan fingerprint density at radius 3 is 2.71 bits per heavy atom. The Hall–Kier alpha value is -3.06. The Morgan fingerprint density at radius 2 is 2.03 bits per heavy atom. The van der Waals surface area contributed by atoms with Gasteiger partial charge in [0.1, 0.15) is 25.1 Å². The minimum absolute atomic E-state index is 0.0138. The van der Waals surface area contributed by atoms with E-state index in [1.54, 1.807) is 6.20 Å². The summed E-state index contributed by atoms with van der Waals surface area (Å²) in [6.07, 6.45) is 3.14. The summed E-state index contributed by atoms with van der Waals surface area (Å²) in [5.74, 6) is -0.110. The van der Waals surface area contributed by atoms with Crippen LogP contribution in [-0.2, 0) is 20.8 Å². The molecule has 11 heteroatoms. The summed E-state index contributed by atoms with van der Waals surface area (Å²) >= 11 is 2.24. The molecule has 3 aromatic rings. The predicted octanol–water partition coefficient (Wildman–Crippen LogP) is 3.26. The smallest absolute Gasteiger partial charge is 0.329 e. The van der Waals surface area contributed by atoms with Crippen molar-refractivity contribution in [1.29, 1.82) is 0 Å². The minimum atomic E-state index is -0.530. The van der Waals surface area contributed by atoms with Crippen molar-refractivity contribution in [3.05, 3.63) is 68.9 Å². The summed E-state index contributed by atoms with van der Waals surface area (Å²) in [5.41, 5.74) is 3.87. The molecule has 0 aliphatic rings. The Kier molecular flexibility index (Phi) is 8.93. The molecular formula is C23H28IN5O5. The maximum absolute atomic E-state index is 12.8. The third-order valence-electron chi connectivity index (χ3n) is 5.12. The van der Waals surface area contributed by atoms with Crippen LogP contribution >= 0.6 is 22.6 Å². The number of hydroxylamine groups is 1. The van der Waals surface area contributed by atoms with E-state index < -0.39 is 11.7 Å². The summed E-state index contributed by atoms with van der Waals surface area (Å²) in [7, 11) is 0. The first-order valence-electron chi connectivity index (χ1n) is 10.8. The number of H-pyrrole nitrogens is 2. The number of ether oxygens (including phenoxy) is 1. The molecule has 0 fully saturated rings. The molecule has 0 saturated heterocycles. The highest BCUT2D eigenvalue weighted by Gasteiger charge is 2.28. The van der Waals surface area contributed by atoms with Crippen molar-refractivity contribution in [2.75, 3.05) is 13.2 Å². The van der Waals surface area contributed by atoms with Crippen molar-refractivity contribution < 1.29 is 19.5 Å². The fourth-order valence-electron chi connectivity index (χ4n) is 3.51. The zero-order valence-electron chi connectivity index (χ0n) is 19.0. The highest BCUT2D eigenvalue weighted by Crippen LogP contribution is 2.30. The largest absolute Gasteiger partial charge is 0.499 e. The first-order valence-corrected chi connectivity index (χ1v) is 11.9. The summed E-state index contributed by atoms with van der Waals surface area (Å²) in [6.45, 7) is 7.72. The number of carbonyl (C=O) groups excluding carboxylic acids is 1. The van der Waals surface area contributed by atoms with Gasteiger partial charge in [0.2, 0.25) is 11.8 Å². The Bertz CT molecular complexity index is 1170. The molecule has 182 valence electrons. The van der Waals surface area contributed by atoms with Gasteiger partial charge in [-0.3, -0.25) is 14.2 Å². The normalized spacial score (nSPS) is 12.0. The summed E-state index contributed by atoms with van der Waals surface area (Å²) < 4.78 is 7.29. The van der Waals surface area contributed by atoms with Crippen LogP contribution in [0.4, 0.5) is 0 Å². The van der Waals surface area contributed by atoms with Crippen LogP contribution in [0.5, 0.6) is 5.88 Å². The third-order valence-corrected chi connectivity index (χ3v) is 5.84. The van der Waals surface area contributed by atoms with Crippen LogP contribution in [0.15, 0.2) is 48.1 Å². The van der Waals surface area contributed by atoms with E-state index in [4.69, 9.17) is 9.57 Å². The second kappa shape index (κ2) is 11.9. The fourth-order valence-corrected chi connectivity index (χ4v) is 3.87. The number of nitrogens with zero attached hydrogens (tertiary/aromatic N) is 2. The molecule has 1 amide bonds. The quantitative estimate of drug-likeness (QED) is 0.112. The molecule has 2 aromatic heterocycles. The molecule has 0 bridgehead atoms. The number of aryl methyl sites for hydroxylation is 1. The fraction of sp³-hybridized carbons (Fsp3) is 0.348. The van der Waals surface area contributed by atoms with E-state index in [9.17, 15) is 14.7 Å². The highest BCUT2D eigenvalue weighted by molar-refractivity contribution is 14.1. The number of nitrogens with one attached hydrogen (secondary N) is 3. The lowest BCUT2D eigenvalue weighted by Gasteiger charge is -2.20. The lowest BCUT2D eigenvalue weighted by Crippen LogP contribution is -2.27. The van der Waals surface area contributed by atoms with E-state index in [1.807, 2.05) is 38.1 Å². The first kappa shape index (κ1) is 25.6. The zero-order chi connectivity index (χ0) is 24.7. The van der Waals surface area contributed by atoms with Crippen molar-refractivity contribution >= 4 is 28.5 Å². The van der Waals surface area contributed by atoms with Gasteiger partial charge in [-0.05, 0) is 46.2 Å². The molecule has 1 atom stereocenters. The molecule has 0 unspecified atom stereocenters. The van der Waals surface area contributed by atoms with Crippen molar-refractivity contribution in [3.8, 4) is 17.1 Å². The number of imidazole rings is 2. The standard InChI is InChI=1S/C23H28IN5O5/c1-4-33-11-12-34-28-19(30)10-9-17-22(31)29(23(32)27-17)20(14(2)3)21-25-13-18(26-21)15-5-7-16(24)8-6-15/h4-8,13-14,20,31H,1,9-12H2,2-3H3,(H,25,26)(H,27,32)(H,28,30)/t20-/m1/s1. The number of hydrogen-bond acceptors (Lipinski definition) is 6. The van der Waals surface area contributed by atoms with Gasteiger partial charge in [0, 0.05) is 16.4 Å². The van der Waals surface area contributed by atoms with E-state index in [0.29, 0.717) is 5.82 Å². The lowest BCUT2D eigenvalue weighted by atomic mass is 10.0. The molecule has 2 heterocycles. The van der Waals surface area contributed by atoms with Gasteiger partial charge in [0.15, 0.2) is 0 Å². The summed E-state index contributed by atoms with van der Waals surface area (Å²) in [5, 5.41) is 10.8. The van der Waals surface area contributed by atoms with Crippen LogP contribution in [-0.4, -0.2) is 43.7 Å². The number of hydrogen-bond donors (Lipinski definition) is 4. The number of benzene rings is 1. The first-order chi connectivity index (χ1) is 16.3. The van der Waals surface area contributed by atoms with Gasteiger partial charge in [-0.25, -0.2) is 15.3 Å². The van der Waals surface area contributed by atoms with Gasteiger partial charge in [-0.2, -0.15) is 0 Å². The van der Waals surface area contributed by atoms with E-state index in [2.05, 4.69) is 49.6 Å². The van der Waals surface area contributed by atoms with Gasteiger partial charge < -0.3 is 19.8 Å². The van der Waals surface area contributed by atoms with Crippen LogP contribution in [0.3, 0.4) is 0 Å². The van der Waals surface area contributed by atoms with Gasteiger partial charge in [0.25, 0.3) is 0 Å². The van der Waals surface area contributed by atoms with E-state index >= 15 is 0 Å². The summed E-state index contributed by atoms with van der Waals surface area (Å²) in [4.78, 5) is 40.2. The van der Waals surface area contributed by atoms with Crippen molar-refractivity contribution in [2.45, 2.75) is 32.7 Å². The lowest BCUT2D eigenvalue weighted by molar-refractivity contribution is -0.134. The maximum Gasteiger partial charge on any atom is 0.329 e. The monoisotopic (exact) mass is 581 g/mol. The predicted molar refractivity (Wildman–Crippen MR) is 135 cm³/mol. The van der Waals surface area contributed by atoms with Crippen molar-refractivity contribution in [2.24, 2.45) is 5.92 Å². The molecule has 0 spiro atoms. The second-order valence-electron chi connectivity index (χ2n) is 7.89. The molecule has 10 nitrogen and oxygen atoms in total. The topological polar surface area (TPSA) is 134 Å². The maximum atomic E-state index is 12.8. The van der Waals surface area contributed by atoms with E-state index in [-0.39, 0.29) is 49.5 Å². The second-order valence-corrected chi connectivity index (χ2v) is 9.14. The van der Waals surface area contributed by atoms with Crippen molar-refractivity contribution in [1.82, 2.24) is 25.0 Å². The van der Waals surface area contributed by atoms with Crippen molar-refractivity contribution in [3.63, 3.8) is 0 Å². The number of carbonyl (C=O) groups is 1. The molecule has 34 heavy (non-hydrogen) atoms. The number of aromatic nitrogens is 4. The molecule has 0 radical (unpaired) electrons. The zero-order valence-corrected chi connectivity index (χ0v) is 21.2. The molecule has 1 aromatic carbocycles. The Labute approximate surface area is 210 Å². The molecule has 3 rings (SSSR count). The molecular weight excluding hydrogens is 553 g/mol. The van der Waals surface area contributed by atoms with E-state index in [0.717, 1.165) is 14.8 Å². The number of aromatic hydroxyl groups is 1. The molecule has 0 saturated carbocycles. The number of halogens is 1. The molecule has 0 aliphatic heterocycles. The van der Waals surface area contributed by atoms with E-state index in [1.165, 1.54) is 10.8 Å². The van der Waals surface area contributed by atoms with Crippen LogP contribution in [0, 0.1) is 9.49 Å². The van der Waals surface area contributed by atoms with Crippen LogP contribution in [0.25, 0.3) is 11.3 Å². The Morgan fingerprint density at radius 1 is 1.29 bits per heavy atom. The SMILES string of the molecule is C=COCCONC(=O)CCc1[nH]c(=O)n([C@@H](c2ncc(-c3ccc(I)cc3)[nH]2)C(C)C)c1O. The number of aromatic amines is 2. The van der Waals surface area contributed by atoms with Crippen LogP contribution in [0.2, 0.25) is 0 Å². The van der Waals surface area contributed by atoms with Crippen LogP contribution in [0.1, 0.15) is 37.8 Å². The van der Waals surface area contributed by atoms with Gasteiger partial charge in [-0.1, -0.05) is 32.6 Å². The molecule has 4 N–H and O–H groups in total. The summed E-state index contributed by atoms with van der Waals surface area (Å²) in [6, 6.07) is 7.45. The molecule has 0 aliphatic carbocycles. The van der Waals surface area contributed by atoms with Gasteiger partial charge >= 0.3 is 5.69 Å². The highest BCUT2D eigenvalue weighted by atomic mass is 127. The van der Waals surface area contributed by atoms with Crippen LogP contribution < -0.4 is 11.2 Å². The average molecular weight is 581 g/mol. The third kappa shape index (κ3) is 6.29. The Balaban J connectivity index is 1.74.